The highest BCUT2D eigenvalue weighted by Crippen LogP contribution is 2.43. The number of phenols is 4. The molecule has 176 valence electrons. The first-order chi connectivity index (χ1) is 15.6. The minimum Gasteiger partial charge on any atom is -0.504 e. The first kappa shape index (κ1) is 22.6. The molecule has 0 bridgehead atoms. The molecule has 12 nitrogen and oxygen atoms in total. The number of ether oxygens (including phenoxy) is 2. The van der Waals surface area contributed by atoms with Gasteiger partial charge in [0, 0.05) is 17.7 Å². The van der Waals surface area contributed by atoms with Crippen molar-refractivity contribution < 1.29 is 54.7 Å². The highest BCUT2D eigenvalue weighted by molar-refractivity contribution is 5.89. The Morgan fingerprint density at radius 3 is 2.27 bits per heavy atom. The summed E-state index contributed by atoms with van der Waals surface area (Å²) >= 11 is 0. The molecule has 1 aliphatic rings. The SMILES string of the molecule is O=c1cc(-c2ccc(O)c(O)c2)oc2cc(O)c(O[C@@H]3OC(CO)[C@@H](O)[C@@H](O)C3O)c(O)c12. The monoisotopic (exact) mass is 464 g/mol. The van der Waals surface area contributed by atoms with Crippen LogP contribution in [-0.2, 0) is 4.74 Å². The second kappa shape index (κ2) is 8.42. The van der Waals surface area contributed by atoms with Crippen molar-refractivity contribution in [3.8, 4) is 40.1 Å². The molecule has 3 aromatic rings. The number of aliphatic hydroxyl groups excluding tert-OH is 4. The molecule has 33 heavy (non-hydrogen) atoms. The number of aliphatic hydroxyl groups is 4. The van der Waals surface area contributed by atoms with Crippen molar-refractivity contribution in [2.75, 3.05) is 6.61 Å². The van der Waals surface area contributed by atoms with Crippen molar-refractivity contribution in [1.82, 2.24) is 0 Å². The van der Waals surface area contributed by atoms with Gasteiger partial charge in [0.2, 0.25) is 12.0 Å². The van der Waals surface area contributed by atoms with Gasteiger partial charge in [-0.1, -0.05) is 0 Å². The van der Waals surface area contributed by atoms with Gasteiger partial charge in [-0.2, -0.15) is 0 Å². The average Bonchev–Trinajstić information content (AvgIpc) is 2.77. The quantitative estimate of drug-likeness (QED) is 0.229. The Morgan fingerprint density at radius 2 is 1.61 bits per heavy atom. The molecule has 0 aliphatic carbocycles. The Kier molecular flexibility index (Phi) is 5.78. The fourth-order valence-electron chi connectivity index (χ4n) is 3.49. The molecule has 4 rings (SSSR count). The van der Waals surface area contributed by atoms with E-state index in [9.17, 15) is 45.6 Å². The fourth-order valence-corrected chi connectivity index (χ4v) is 3.49. The maximum Gasteiger partial charge on any atom is 0.229 e. The van der Waals surface area contributed by atoms with E-state index in [-0.39, 0.29) is 28.0 Å². The van der Waals surface area contributed by atoms with Crippen LogP contribution in [-0.4, -0.2) is 78.2 Å². The first-order valence-corrected chi connectivity index (χ1v) is 9.64. The van der Waals surface area contributed by atoms with Crippen molar-refractivity contribution in [3.05, 3.63) is 40.6 Å². The van der Waals surface area contributed by atoms with Gasteiger partial charge in [0.15, 0.2) is 28.4 Å². The third kappa shape index (κ3) is 3.90. The van der Waals surface area contributed by atoms with E-state index in [0.717, 1.165) is 18.2 Å². The number of hydrogen-bond acceptors (Lipinski definition) is 12. The van der Waals surface area contributed by atoms with Crippen LogP contribution in [0.1, 0.15) is 0 Å². The number of benzene rings is 2. The smallest absolute Gasteiger partial charge is 0.229 e. The lowest BCUT2D eigenvalue weighted by Crippen LogP contribution is -2.60. The maximum absolute atomic E-state index is 12.7. The zero-order chi connectivity index (χ0) is 24.0. The van der Waals surface area contributed by atoms with Gasteiger partial charge in [-0.15, -0.1) is 0 Å². The van der Waals surface area contributed by atoms with E-state index in [0.29, 0.717) is 0 Å². The summed E-state index contributed by atoms with van der Waals surface area (Å²) in [5, 5.41) is 78.8. The molecule has 2 unspecified atom stereocenters. The molecule has 2 heterocycles. The molecule has 1 aromatic heterocycles. The molecule has 1 saturated heterocycles. The van der Waals surface area contributed by atoms with E-state index < -0.39 is 65.7 Å². The van der Waals surface area contributed by atoms with Crippen LogP contribution in [0.5, 0.6) is 28.7 Å². The molecule has 0 amide bonds. The van der Waals surface area contributed by atoms with Crippen LogP contribution in [0.15, 0.2) is 39.5 Å². The molecule has 2 aromatic carbocycles. The van der Waals surface area contributed by atoms with E-state index in [1.807, 2.05) is 0 Å². The van der Waals surface area contributed by atoms with Gasteiger partial charge in [0.25, 0.3) is 0 Å². The van der Waals surface area contributed by atoms with E-state index >= 15 is 0 Å². The lowest BCUT2D eigenvalue weighted by Gasteiger charge is -2.39. The molecule has 5 atom stereocenters. The second-order valence-electron chi connectivity index (χ2n) is 7.44. The summed E-state index contributed by atoms with van der Waals surface area (Å²) < 4.78 is 16.0. The predicted octanol–water partition coefficient (Wildman–Crippen LogP) is -0.539. The van der Waals surface area contributed by atoms with Crippen LogP contribution < -0.4 is 10.2 Å². The molecule has 8 N–H and O–H groups in total. The van der Waals surface area contributed by atoms with Gasteiger partial charge < -0.3 is 54.7 Å². The normalized spacial score (nSPS) is 25.3. The van der Waals surface area contributed by atoms with Crippen LogP contribution in [0, 0.1) is 0 Å². The topological polar surface area (TPSA) is 211 Å². The van der Waals surface area contributed by atoms with E-state index in [1.165, 1.54) is 12.1 Å². The van der Waals surface area contributed by atoms with Crippen molar-refractivity contribution in [2.24, 2.45) is 0 Å². The number of phenolic OH excluding ortho intramolecular Hbond substituents is 4. The van der Waals surface area contributed by atoms with Crippen molar-refractivity contribution in [3.63, 3.8) is 0 Å². The number of fused-ring (bicyclic) bond motifs is 1. The zero-order valence-electron chi connectivity index (χ0n) is 16.7. The number of aromatic hydroxyl groups is 4. The van der Waals surface area contributed by atoms with Gasteiger partial charge in [0.05, 0.1) is 6.61 Å². The number of rotatable bonds is 4. The standard InChI is InChI=1S/C21H20O12/c22-6-14-16(27)18(29)19(30)21(32-14)33-20-11(26)5-13-15(17(20)28)10(25)4-12(31-13)7-1-2-8(23)9(24)3-7/h1-5,14,16,18-19,21-24,26-30H,6H2/t14?,16-,18-,19?,21+/m1/s1. The van der Waals surface area contributed by atoms with Gasteiger partial charge in [-0.25, -0.2) is 0 Å². The van der Waals surface area contributed by atoms with Crippen LogP contribution >= 0.6 is 0 Å². The van der Waals surface area contributed by atoms with Gasteiger partial charge in [-0.3, -0.25) is 4.79 Å². The highest BCUT2D eigenvalue weighted by Gasteiger charge is 2.45. The highest BCUT2D eigenvalue weighted by atomic mass is 16.7. The largest absolute Gasteiger partial charge is 0.504 e. The second-order valence-corrected chi connectivity index (χ2v) is 7.44. The third-order valence-electron chi connectivity index (χ3n) is 5.27. The Labute approximate surface area is 184 Å². The molecule has 1 fully saturated rings. The van der Waals surface area contributed by atoms with Gasteiger partial charge in [-0.05, 0) is 18.2 Å². The van der Waals surface area contributed by atoms with Gasteiger partial charge in [0.1, 0.15) is 41.1 Å². The molecule has 0 radical (unpaired) electrons. The lowest BCUT2D eigenvalue weighted by atomic mass is 9.99. The van der Waals surface area contributed by atoms with Crippen molar-refractivity contribution >= 4 is 11.0 Å². The molecule has 0 saturated carbocycles. The van der Waals surface area contributed by atoms with Crippen LogP contribution in [0.2, 0.25) is 0 Å². The van der Waals surface area contributed by atoms with E-state index in [1.54, 1.807) is 0 Å². The van der Waals surface area contributed by atoms with Crippen LogP contribution in [0.4, 0.5) is 0 Å². The predicted molar refractivity (Wildman–Crippen MR) is 109 cm³/mol. The minimum absolute atomic E-state index is 0.0378. The van der Waals surface area contributed by atoms with Crippen molar-refractivity contribution in [1.29, 1.82) is 0 Å². The zero-order valence-corrected chi connectivity index (χ0v) is 16.7. The lowest BCUT2D eigenvalue weighted by molar-refractivity contribution is -0.277. The summed E-state index contributed by atoms with van der Waals surface area (Å²) in [4.78, 5) is 12.7. The van der Waals surface area contributed by atoms with E-state index in [4.69, 9.17) is 13.9 Å². The van der Waals surface area contributed by atoms with Crippen molar-refractivity contribution in [2.45, 2.75) is 30.7 Å². The molecule has 1 aliphatic heterocycles. The molecular weight excluding hydrogens is 444 g/mol. The third-order valence-corrected chi connectivity index (χ3v) is 5.27. The minimum atomic E-state index is -1.82. The molecule has 0 spiro atoms. The van der Waals surface area contributed by atoms with Crippen LogP contribution in [0.25, 0.3) is 22.3 Å². The number of hydrogen-bond donors (Lipinski definition) is 8. The average molecular weight is 464 g/mol. The van der Waals surface area contributed by atoms with Crippen LogP contribution in [0.3, 0.4) is 0 Å². The molecular formula is C21H20O12. The fraction of sp³-hybridized carbons (Fsp3) is 0.286. The Morgan fingerprint density at radius 1 is 0.879 bits per heavy atom. The summed E-state index contributed by atoms with van der Waals surface area (Å²) in [6.07, 6.45) is -8.25. The summed E-state index contributed by atoms with van der Waals surface area (Å²) in [7, 11) is 0. The summed E-state index contributed by atoms with van der Waals surface area (Å²) in [6, 6.07) is 5.66. The Balaban J connectivity index is 1.75. The maximum atomic E-state index is 12.7. The molecule has 12 heteroatoms. The Bertz CT molecular complexity index is 1250. The summed E-state index contributed by atoms with van der Waals surface area (Å²) in [6.45, 7) is -0.723. The van der Waals surface area contributed by atoms with E-state index in [2.05, 4.69) is 0 Å². The summed E-state index contributed by atoms with van der Waals surface area (Å²) in [5.41, 5.74) is -0.777. The first-order valence-electron chi connectivity index (χ1n) is 9.64. The Hall–Kier alpha value is -3.55. The van der Waals surface area contributed by atoms with Gasteiger partial charge >= 0.3 is 0 Å². The summed E-state index contributed by atoms with van der Waals surface area (Å²) in [5.74, 6) is -3.11.